The highest BCUT2D eigenvalue weighted by molar-refractivity contribution is 5.90. The fourth-order valence-corrected chi connectivity index (χ4v) is 1.81. The van der Waals surface area contributed by atoms with Crippen LogP contribution in [0.2, 0.25) is 0 Å². The van der Waals surface area contributed by atoms with E-state index in [1.54, 1.807) is 12.4 Å². The van der Waals surface area contributed by atoms with E-state index in [9.17, 15) is 4.79 Å². The van der Waals surface area contributed by atoms with Gasteiger partial charge >= 0.3 is 5.97 Å². The van der Waals surface area contributed by atoms with E-state index in [1.807, 2.05) is 25.1 Å². The summed E-state index contributed by atoms with van der Waals surface area (Å²) in [6.45, 7) is 1.95. The van der Waals surface area contributed by atoms with Gasteiger partial charge in [-0.05, 0) is 23.4 Å². The number of rotatable bonds is 2. The molecule has 0 aliphatic rings. The fourth-order valence-electron chi connectivity index (χ4n) is 1.81. The van der Waals surface area contributed by atoms with Gasteiger partial charge in [-0.3, -0.25) is 9.78 Å². The largest absolute Gasteiger partial charge is 0.481 e. The van der Waals surface area contributed by atoms with Crippen molar-refractivity contribution in [3.63, 3.8) is 0 Å². The molecule has 1 heterocycles. The number of aryl methyl sites for hydroxylation is 1. The minimum absolute atomic E-state index is 0.0577. The first-order chi connectivity index (χ1) is 7.18. The molecule has 0 radical (unpaired) electrons. The topological polar surface area (TPSA) is 50.2 Å². The molecule has 0 atom stereocenters. The molecule has 0 saturated heterocycles. The van der Waals surface area contributed by atoms with Gasteiger partial charge in [-0.25, -0.2) is 0 Å². The smallest absolute Gasteiger partial charge is 0.307 e. The molecular weight excluding hydrogens is 190 g/mol. The van der Waals surface area contributed by atoms with Crippen molar-refractivity contribution in [2.75, 3.05) is 0 Å². The second-order valence-corrected chi connectivity index (χ2v) is 3.54. The van der Waals surface area contributed by atoms with E-state index in [2.05, 4.69) is 4.98 Å². The third-order valence-corrected chi connectivity index (χ3v) is 2.40. The van der Waals surface area contributed by atoms with Crippen molar-refractivity contribution in [3.8, 4) is 0 Å². The highest BCUT2D eigenvalue weighted by Crippen LogP contribution is 2.21. The maximum atomic E-state index is 10.7. The van der Waals surface area contributed by atoms with Gasteiger partial charge in [0.2, 0.25) is 0 Å². The van der Waals surface area contributed by atoms with Crippen molar-refractivity contribution in [1.82, 2.24) is 4.98 Å². The molecule has 0 aliphatic heterocycles. The Hall–Kier alpha value is -1.90. The lowest BCUT2D eigenvalue weighted by Gasteiger charge is -2.06. The van der Waals surface area contributed by atoms with Gasteiger partial charge in [0.25, 0.3) is 0 Å². The molecule has 0 fully saturated rings. The standard InChI is InChI=1S/C12H11NO2/c1-8-6-13-7-10-4-2-3-9(12(8)10)5-11(14)15/h2-4,6-7H,5H2,1H3,(H,14,15). The SMILES string of the molecule is Cc1cncc2cccc(CC(=O)O)c12. The third-order valence-electron chi connectivity index (χ3n) is 2.40. The molecule has 0 bridgehead atoms. The zero-order valence-corrected chi connectivity index (χ0v) is 8.40. The maximum Gasteiger partial charge on any atom is 0.307 e. The Morgan fingerprint density at radius 3 is 2.93 bits per heavy atom. The number of aromatic nitrogens is 1. The molecule has 0 spiro atoms. The Morgan fingerprint density at radius 2 is 2.20 bits per heavy atom. The Balaban J connectivity index is 2.68. The summed E-state index contributed by atoms with van der Waals surface area (Å²) < 4.78 is 0. The number of carboxylic acids is 1. The van der Waals surface area contributed by atoms with Gasteiger partial charge in [-0.1, -0.05) is 18.2 Å². The molecule has 76 valence electrons. The van der Waals surface area contributed by atoms with E-state index in [1.165, 1.54) is 0 Å². The van der Waals surface area contributed by atoms with Crippen molar-refractivity contribution in [1.29, 1.82) is 0 Å². The number of pyridine rings is 1. The van der Waals surface area contributed by atoms with Crippen LogP contribution in [-0.2, 0) is 11.2 Å². The lowest BCUT2D eigenvalue weighted by Crippen LogP contribution is -2.01. The van der Waals surface area contributed by atoms with Gasteiger partial charge in [0.15, 0.2) is 0 Å². The molecular formula is C12H11NO2. The number of carboxylic acid groups (broad SMARTS) is 1. The Morgan fingerprint density at radius 1 is 1.40 bits per heavy atom. The highest BCUT2D eigenvalue weighted by atomic mass is 16.4. The van der Waals surface area contributed by atoms with Gasteiger partial charge in [0, 0.05) is 17.8 Å². The lowest BCUT2D eigenvalue weighted by molar-refractivity contribution is -0.136. The molecule has 3 heteroatoms. The van der Waals surface area contributed by atoms with Crippen molar-refractivity contribution in [2.45, 2.75) is 13.3 Å². The number of carbonyl (C=O) groups is 1. The van der Waals surface area contributed by atoms with E-state index in [4.69, 9.17) is 5.11 Å². The van der Waals surface area contributed by atoms with E-state index in [-0.39, 0.29) is 6.42 Å². The molecule has 2 rings (SSSR count). The molecule has 1 aromatic heterocycles. The molecule has 15 heavy (non-hydrogen) atoms. The second kappa shape index (κ2) is 3.69. The summed E-state index contributed by atoms with van der Waals surface area (Å²) in [5, 5.41) is 10.8. The summed E-state index contributed by atoms with van der Waals surface area (Å²) >= 11 is 0. The molecule has 1 N–H and O–H groups in total. The first-order valence-electron chi connectivity index (χ1n) is 4.72. The van der Waals surface area contributed by atoms with E-state index in [0.29, 0.717) is 0 Å². The zero-order chi connectivity index (χ0) is 10.8. The van der Waals surface area contributed by atoms with Crippen LogP contribution >= 0.6 is 0 Å². The molecule has 0 unspecified atom stereocenters. The zero-order valence-electron chi connectivity index (χ0n) is 8.40. The Labute approximate surface area is 87.4 Å². The minimum Gasteiger partial charge on any atom is -0.481 e. The van der Waals surface area contributed by atoms with Gasteiger partial charge in [0.1, 0.15) is 0 Å². The number of aliphatic carboxylic acids is 1. The second-order valence-electron chi connectivity index (χ2n) is 3.54. The highest BCUT2D eigenvalue weighted by Gasteiger charge is 2.07. The average Bonchev–Trinajstić information content (AvgIpc) is 2.17. The van der Waals surface area contributed by atoms with Crippen LogP contribution in [0.1, 0.15) is 11.1 Å². The first kappa shape index (κ1) is 9.65. The van der Waals surface area contributed by atoms with Gasteiger partial charge in [-0.15, -0.1) is 0 Å². The number of hydrogen-bond donors (Lipinski definition) is 1. The van der Waals surface area contributed by atoms with Crippen LogP contribution in [0, 0.1) is 6.92 Å². The van der Waals surface area contributed by atoms with Crippen LogP contribution in [-0.4, -0.2) is 16.1 Å². The molecule has 0 saturated carbocycles. The summed E-state index contributed by atoms with van der Waals surface area (Å²) in [5.41, 5.74) is 1.87. The number of benzene rings is 1. The summed E-state index contributed by atoms with van der Waals surface area (Å²) in [4.78, 5) is 14.8. The van der Waals surface area contributed by atoms with Crippen LogP contribution in [0.3, 0.4) is 0 Å². The van der Waals surface area contributed by atoms with Crippen LogP contribution in [0.4, 0.5) is 0 Å². The normalized spacial score (nSPS) is 10.5. The van der Waals surface area contributed by atoms with Gasteiger partial charge in [-0.2, -0.15) is 0 Å². The lowest BCUT2D eigenvalue weighted by atomic mass is 10.0. The van der Waals surface area contributed by atoms with Crippen molar-refractivity contribution in [2.24, 2.45) is 0 Å². The van der Waals surface area contributed by atoms with Crippen LogP contribution in [0.5, 0.6) is 0 Å². The predicted octanol–water partition coefficient (Wildman–Crippen LogP) is 2.17. The first-order valence-corrected chi connectivity index (χ1v) is 4.72. The van der Waals surface area contributed by atoms with Gasteiger partial charge in [0.05, 0.1) is 6.42 Å². The van der Waals surface area contributed by atoms with E-state index >= 15 is 0 Å². The maximum absolute atomic E-state index is 10.7. The van der Waals surface area contributed by atoms with Crippen molar-refractivity contribution < 1.29 is 9.90 Å². The van der Waals surface area contributed by atoms with E-state index in [0.717, 1.165) is 21.9 Å². The summed E-state index contributed by atoms with van der Waals surface area (Å²) in [6, 6.07) is 5.66. The number of nitrogens with zero attached hydrogens (tertiary/aromatic N) is 1. The minimum atomic E-state index is -0.807. The summed E-state index contributed by atoms with van der Waals surface area (Å²) in [7, 11) is 0. The quantitative estimate of drug-likeness (QED) is 0.810. The Bertz CT molecular complexity index is 515. The number of fused-ring (bicyclic) bond motifs is 1. The van der Waals surface area contributed by atoms with Crippen molar-refractivity contribution in [3.05, 3.63) is 41.7 Å². The summed E-state index contributed by atoms with van der Waals surface area (Å²) in [5.74, 6) is -0.807. The monoisotopic (exact) mass is 201 g/mol. The molecule has 0 aliphatic carbocycles. The molecule has 3 nitrogen and oxygen atoms in total. The Kier molecular flexibility index (Phi) is 2.37. The van der Waals surface area contributed by atoms with Gasteiger partial charge < -0.3 is 5.11 Å². The summed E-state index contributed by atoms with van der Waals surface area (Å²) in [6.07, 6.45) is 3.57. The molecule has 1 aromatic carbocycles. The van der Waals surface area contributed by atoms with Crippen LogP contribution in [0.25, 0.3) is 10.8 Å². The third kappa shape index (κ3) is 1.81. The molecule has 0 amide bonds. The van der Waals surface area contributed by atoms with Crippen LogP contribution < -0.4 is 0 Å². The van der Waals surface area contributed by atoms with E-state index < -0.39 is 5.97 Å². The van der Waals surface area contributed by atoms with Crippen molar-refractivity contribution >= 4 is 16.7 Å². The predicted molar refractivity (Wildman–Crippen MR) is 57.8 cm³/mol. The average molecular weight is 201 g/mol. The number of hydrogen-bond acceptors (Lipinski definition) is 2. The molecule has 2 aromatic rings. The fraction of sp³-hybridized carbons (Fsp3) is 0.167. The van der Waals surface area contributed by atoms with Crippen LogP contribution in [0.15, 0.2) is 30.6 Å².